The van der Waals surface area contributed by atoms with Crippen molar-refractivity contribution < 1.29 is 9.53 Å². The highest BCUT2D eigenvalue weighted by atomic mass is 32.2. The number of aromatic nitrogens is 2. The number of carbonyl (C=O) groups excluding carboxylic acids is 1. The van der Waals surface area contributed by atoms with Crippen molar-refractivity contribution in [1.29, 1.82) is 0 Å². The summed E-state index contributed by atoms with van der Waals surface area (Å²) in [6.45, 7) is 6.35. The monoisotopic (exact) mass is 317 g/mol. The second-order valence-corrected chi connectivity index (χ2v) is 5.67. The summed E-state index contributed by atoms with van der Waals surface area (Å²) in [4.78, 5) is 20.6. The maximum atomic E-state index is 12.0. The van der Waals surface area contributed by atoms with Crippen molar-refractivity contribution in [2.24, 2.45) is 0 Å². The zero-order valence-electron chi connectivity index (χ0n) is 12.9. The number of hydrogen-bond donors (Lipinski definition) is 1. The van der Waals surface area contributed by atoms with Crippen LogP contribution < -0.4 is 10.1 Å². The zero-order chi connectivity index (χ0) is 15.9. The Kier molecular flexibility index (Phi) is 5.77. The van der Waals surface area contributed by atoms with Crippen LogP contribution in [0.5, 0.6) is 5.75 Å². The topological polar surface area (TPSA) is 64.1 Å². The van der Waals surface area contributed by atoms with Gasteiger partial charge >= 0.3 is 0 Å². The third kappa shape index (κ3) is 5.04. The first-order valence-electron chi connectivity index (χ1n) is 7.04. The average molecular weight is 317 g/mol. The first kappa shape index (κ1) is 16.3. The van der Waals surface area contributed by atoms with Gasteiger partial charge in [0.1, 0.15) is 5.75 Å². The number of benzene rings is 1. The first-order valence-corrected chi connectivity index (χ1v) is 8.03. The van der Waals surface area contributed by atoms with Crippen LogP contribution in [0.25, 0.3) is 0 Å². The summed E-state index contributed by atoms with van der Waals surface area (Å²) < 4.78 is 5.41. The molecular weight excluding hydrogens is 298 g/mol. The summed E-state index contributed by atoms with van der Waals surface area (Å²) >= 11 is 1.33. The number of hydrogen-bond acceptors (Lipinski definition) is 5. The summed E-state index contributed by atoms with van der Waals surface area (Å²) in [6.07, 6.45) is 0. The normalized spacial score (nSPS) is 10.3. The van der Waals surface area contributed by atoms with E-state index in [9.17, 15) is 4.79 Å². The van der Waals surface area contributed by atoms with Gasteiger partial charge in [-0.1, -0.05) is 17.8 Å². The largest absolute Gasteiger partial charge is 0.494 e. The minimum absolute atomic E-state index is 0.0959. The lowest BCUT2D eigenvalue weighted by atomic mass is 10.3. The molecule has 0 bridgehead atoms. The molecule has 0 aliphatic carbocycles. The van der Waals surface area contributed by atoms with Crippen LogP contribution in [0, 0.1) is 13.8 Å². The molecule has 1 aromatic carbocycles. The zero-order valence-corrected chi connectivity index (χ0v) is 13.7. The van der Waals surface area contributed by atoms with Crippen LogP contribution in [0.2, 0.25) is 0 Å². The van der Waals surface area contributed by atoms with Gasteiger partial charge in [0.15, 0.2) is 5.16 Å². The van der Waals surface area contributed by atoms with Crippen molar-refractivity contribution in [3.05, 3.63) is 41.7 Å². The fourth-order valence-corrected chi connectivity index (χ4v) is 2.67. The predicted molar refractivity (Wildman–Crippen MR) is 88.5 cm³/mol. The smallest absolute Gasteiger partial charge is 0.234 e. The van der Waals surface area contributed by atoms with Crippen molar-refractivity contribution in [2.45, 2.75) is 25.9 Å². The van der Waals surface area contributed by atoms with E-state index in [0.29, 0.717) is 11.8 Å². The van der Waals surface area contributed by atoms with E-state index in [1.165, 1.54) is 11.8 Å². The molecule has 0 fully saturated rings. The SMILES string of the molecule is CCOc1cccc(NC(=O)CSc2nc(C)cc(C)n2)c1. The molecule has 1 N–H and O–H groups in total. The summed E-state index contributed by atoms with van der Waals surface area (Å²) in [5.41, 5.74) is 2.53. The molecule has 0 saturated carbocycles. The van der Waals surface area contributed by atoms with Crippen molar-refractivity contribution in [3.8, 4) is 5.75 Å². The number of thioether (sulfide) groups is 1. The van der Waals surface area contributed by atoms with E-state index in [-0.39, 0.29) is 11.7 Å². The molecule has 22 heavy (non-hydrogen) atoms. The number of nitrogens with zero attached hydrogens (tertiary/aromatic N) is 2. The van der Waals surface area contributed by atoms with Crippen molar-refractivity contribution in [3.63, 3.8) is 0 Å². The van der Waals surface area contributed by atoms with Crippen LogP contribution in [-0.2, 0) is 4.79 Å². The molecule has 0 radical (unpaired) electrons. The quantitative estimate of drug-likeness (QED) is 0.654. The summed E-state index contributed by atoms with van der Waals surface area (Å²) in [5.74, 6) is 0.911. The average Bonchev–Trinajstić information content (AvgIpc) is 2.45. The van der Waals surface area contributed by atoms with E-state index in [4.69, 9.17) is 4.74 Å². The van der Waals surface area contributed by atoms with Crippen molar-refractivity contribution in [1.82, 2.24) is 9.97 Å². The molecule has 1 aromatic heterocycles. The van der Waals surface area contributed by atoms with E-state index < -0.39 is 0 Å². The fraction of sp³-hybridized carbons (Fsp3) is 0.312. The van der Waals surface area contributed by atoms with Gasteiger partial charge in [0.05, 0.1) is 12.4 Å². The third-order valence-corrected chi connectivity index (χ3v) is 3.57. The highest BCUT2D eigenvalue weighted by Gasteiger charge is 2.07. The lowest BCUT2D eigenvalue weighted by Crippen LogP contribution is -2.14. The molecule has 0 aliphatic rings. The lowest BCUT2D eigenvalue weighted by Gasteiger charge is -2.08. The third-order valence-electron chi connectivity index (χ3n) is 2.72. The van der Waals surface area contributed by atoms with Gasteiger partial charge in [-0.3, -0.25) is 4.79 Å². The molecule has 1 heterocycles. The van der Waals surface area contributed by atoms with Gasteiger partial charge in [0.2, 0.25) is 5.91 Å². The standard InChI is InChI=1S/C16H19N3O2S/c1-4-21-14-7-5-6-13(9-14)19-15(20)10-22-16-17-11(2)8-12(3)18-16/h5-9H,4,10H2,1-3H3,(H,19,20). The number of nitrogens with one attached hydrogen (secondary N) is 1. The molecule has 2 rings (SSSR count). The van der Waals surface area contributed by atoms with Crippen molar-refractivity contribution >= 4 is 23.4 Å². The molecule has 0 aliphatic heterocycles. The Labute approximate surface area is 134 Å². The minimum Gasteiger partial charge on any atom is -0.494 e. The molecule has 0 saturated heterocycles. The number of rotatable bonds is 6. The van der Waals surface area contributed by atoms with Gasteiger partial charge in [-0.25, -0.2) is 9.97 Å². The molecule has 0 atom stereocenters. The highest BCUT2D eigenvalue weighted by molar-refractivity contribution is 7.99. The predicted octanol–water partition coefficient (Wildman–Crippen LogP) is 3.22. The van der Waals surface area contributed by atoms with Crippen LogP contribution in [0.1, 0.15) is 18.3 Å². The molecule has 1 amide bonds. The Bertz CT molecular complexity index is 641. The lowest BCUT2D eigenvalue weighted by molar-refractivity contribution is -0.113. The van der Waals surface area contributed by atoms with Crippen LogP contribution in [-0.4, -0.2) is 28.2 Å². The van der Waals surface area contributed by atoms with Gasteiger partial charge < -0.3 is 10.1 Å². The minimum atomic E-state index is -0.0959. The molecule has 5 nitrogen and oxygen atoms in total. The Morgan fingerprint density at radius 2 is 1.95 bits per heavy atom. The second kappa shape index (κ2) is 7.79. The maximum Gasteiger partial charge on any atom is 0.234 e. The van der Waals surface area contributed by atoms with E-state index >= 15 is 0 Å². The Balaban J connectivity index is 1.91. The molecule has 116 valence electrons. The summed E-state index contributed by atoms with van der Waals surface area (Å²) in [5, 5.41) is 3.47. The summed E-state index contributed by atoms with van der Waals surface area (Å²) in [7, 11) is 0. The van der Waals surface area contributed by atoms with Crippen LogP contribution in [0.3, 0.4) is 0 Å². The second-order valence-electron chi connectivity index (χ2n) is 4.73. The maximum absolute atomic E-state index is 12.0. The number of ether oxygens (including phenoxy) is 1. The molecule has 6 heteroatoms. The van der Waals surface area contributed by atoms with Crippen LogP contribution in [0.15, 0.2) is 35.5 Å². The number of amides is 1. The first-order chi connectivity index (χ1) is 10.6. The summed E-state index contributed by atoms with van der Waals surface area (Å²) in [6, 6.07) is 9.25. The van der Waals surface area contributed by atoms with Gasteiger partial charge in [0, 0.05) is 23.1 Å². The molecular formula is C16H19N3O2S. The van der Waals surface area contributed by atoms with Gasteiger partial charge in [-0.2, -0.15) is 0 Å². The molecule has 0 unspecified atom stereocenters. The van der Waals surface area contributed by atoms with Gasteiger partial charge in [-0.05, 0) is 39.0 Å². The van der Waals surface area contributed by atoms with Gasteiger partial charge in [-0.15, -0.1) is 0 Å². The van der Waals surface area contributed by atoms with Crippen LogP contribution >= 0.6 is 11.8 Å². The van der Waals surface area contributed by atoms with Crippen molar-refractivity contribution in [2.75, 3.05) is 17.7 Å². The number of carbonyl (C=O) groups is 1. The highest BCUT2D eigenvalue weighted by Crippen LogP contribution is 2.18. The van der Waals surface area contributed by atoms with E-state index in [2.05, 4.69) is 15.3 Å². The Morgan fingerprint density at radius 3 is 2.64 bits per heavy atom. The van der Waals surface area contributed by atoms with Gasteiger partial charge in [0.25, 0.3) is 0 Å². The number of anilines is 1. The van der Waals surface area contributed by atoms with E-state index in [1.54, 1.807) is 6.07 Å². The molecule has 0 spiro atoms. The van der Waals surface area contributed by atoms with E-state index in [0.717, 1.165) is 22.8 Å². The Hall–Kier alpha value is -2.08. The molecule has 2 aromatic rings. The Morgan fingerprint density at radius 1 is 1.23 bits per heavy atom. The van der Waals surface area contributed by atoms with E-state index in [1.807, 2.05) is 45.0 Å². The van der Waals surface area contributed by atoms with Crippen LogP contribution in [0.4, 0.5) is 5.69 Å². The number of aryl methyl sites for hydroxylation is 2. The fourth-order valence-electron chi connectivity index (χ4n) is 1.92.